The highest BCUT2D eigenvalue weighted by atomic mass is 16.2. The third kappa shape index (κ3) is 13.3. The van der Waals surface area contributed by atoms with Gasteiger partial charge in [-0.1, -0.05) is 60.7 Å². The lowest BCUT2D eigenvalue weighted by molar-refractivity contribution is -0.142. The fraction of sp³-hybridized carbons (Fsp3) is 0.480. The molecule has 366 valence electrons. The van der Waals surface area contributed by atoms with Crippen LogP contribution < -0.4 is 42.5 Å². The van der Waals surface area contributed by atoms with E-state index in [-0.39, 0.29) is 48.1 Å². The third-order valence-corrected chi connectivity index (χ3v) is 12.9. The number of amides is 8. The van der Waals surface area contributed by atoms with Crippen LogP contribution in [-0.2, 0) is 28.8 Å². The van der Waals surface area contributed by atoms with Gasteiger partial charge in [0.15, 0.2) is 0 Å². The summed E-state index contributed by atoms with van der Waals surface area (Å²) in [5.74, 6) is -3.81. The first-order chi connectivity index (χ1) is 32.4. The van der Waals surface area contributed by atoms with E-state index in [1.807, 2.05) is 74.5 Å². The molecule has 18 heteroatoms. The summed E-state index contributed by atoms with van der Waals surface area (Å²) in [6.45, 7) is 10.7. The molecule has 8 amide bonds. The minimum absolute atomic E-state index is 0.150. The fourth-order valence-electron chi connectivity index (χ4n) is 8.37. The summed E-state index contributed by atoms with van der Waals surface area (Å²) in [5, 5.41) is 22.9. The Morgan fingerprint density at radius 3 is 1.13 bits per heavy atom. The van der Waals surface area contributed by atoms with Gasteiger partial charge in [0.25, 0.3) is 11.8 Å². The van der Waals surface area contributed by atoms with Gasteiger partial charge in [-0.3, -0.25) is 38.4 Å². The number of carbonyl (C=O) groups is 8. The lowest BCUT2D eigenvalue weighted by Gasteiger charge is -2.33. The Balaban J connectivity index is 1.26. The molecule has 3 aromatic carbocycles. The molecule has 10 atom stereocenters. The van der Waals surface area contributed by atoms with Crippen LogP contribution in [0.1, 0.15) is 111 Å². The van der Waals surface area contributed by atoms with E-state index in [9.17, 15) is 38.4 Å². The van der Waals surface area contributed by atoms with Crippen LogP contribution in [0.25, 0.3) is 0 Å². The average Bonchev–Trinajstić information content (AvgIpc) is 4.06. The van der Waals surface area contributed by atoms with Crippen LogP contribution in [-0.4, -0.2) is 133 Å². The van der Waals surface area contributed by atoms with Gasteiger partial charge in [0.05, 0.1) is 36.3 Å². The van der Waals surface area contributed by atoms with E-state index in [4.69, 9.17) is 0 Å². The van der Waals surface area contributed by atoms with Crippen LogP contribution in [0, 0.1) is 0 Å². The molecule has 2 aliphatic heterocycles. The van der Waals surface area contributed by atoms with Gasteiger partial charge in [0.1, 0.15) is 24.2 Å². The molecule has 3 aromatic rings. The molecular formula is C50H68N10O8. The van der Waals surface area contributed by atoms with Crippen molar-refractivity contribution in [2.45, 2.75) is 128 Å². The molecule has 8 N–H and O–H groups in total. The lowest BCUT2D eigenvalue weighted by Crippen LogP contribution is -2.62. The number of nitrogens with zero attached hydrogens (tertiary/aromatic N) is 2. The SMILES string of the molecule is CNC(C)C(=O)NC(C(=O)N1CCCC1C(=O)NC(C)c1ccccc1)C(C)NC(=O)c1ccc(C(=O)NC(C)C(NC(=O)C(C)NC)C(=O)N2CCCC2C(=O)NC(C)c2ccccc2)cc1. The molecule has 10 unspecified atom stereocenters. The average molecular weight is 937 g/mol. The normalized spacial score (nSPS) is 19.2. The van der Waals surface area contributed by atoms with Gasteiger partial charge in [-0.05, 0) is 117 Å². The van der Waals surface area contributed by atoms with E-state index in [1.54, 1.807) is 41.8 Å². The van der Waals surface area contributed by atoms with Crippen molar-refractivity contribution in [2.24, 2.45) is 0 Å². The Labute approximate surface area is 398 Å². The van der Waals surface area contributed by atoms with E-state index in [2.05, 4.69) is 42.5 Å². The van der Waals surface area contributed by atoms with Crippen molar-refractivity contribution in [3.63, 3.8) is 0 Å². The Bertz CT molecular complexity index is 2090. The molecule has 0 saturated carbocycles. The Morgan fingerprint density at radius 1 is 0.471 bits per heavy atom. The quantitative estimate of drug-likeness (QED) is 0.0819. The second-order valence-corrected chi connectivity index (χ2v) is 17.8. The summed E-state index contributed by atoms with van der Waals surface area (Å²) >= 11 is 0. The van der Waals surface area contributed by atoms with Crippen LogP contribution in [0.3, 0.4) is 0 Å². The summed E-state index contributed by atoms with van der Waals surface area (Å²) in [7, 11) is 3.21. The Hall–Kier alpha value is -6.66. The van der Waals surface area contributed by atoms with Crippen LogP contribution in [0.2, 0.25) is 0 Å². The van der Waals surface area contributed by atoms with Crippen molar-refractivity contribution in [1.29, 1.82) is 0 Å². The Morgan fingerprint density at radius 2 is 0.809 bits per heavy atom. The number of hydrogen-bond acceptors (Lipinski definition) is 10. The zero-order valence-electron chi connectivity index (χ0n) is 40.3. The molecular weight excluding hydrogens is 869 g/mol. The number of hydrogen-bond donors (Lipinski definition) is 8. The highest BCUT2D eigenvalue weighted by molar-refractivity contribution is 6.00. The summed E-state index contributed by atoms with van der Waals surface area (Å²) in [6, 6.07) is 16.8. The van der Waals surface area contributed by atoms with E-state index in [0.29, 0.717) is 25.7 Å². The van der Waals surface area contributed by atoms with Gasteiger partial charge in [0, 0.05) is 24.2 Å². The van der Waals surface area contributed by atoms with E-state index in [1.165, 1.54) is 34.1 Å². The number of likely N-dealkylation sites (N-methyl/N-ethyl adjacent to an activating group) is 2. The predicted molar refractivity (Wildman–Crippen MR) is 257 cm³/mol. The van der Waals surface area contributed by atoms with Crippen molar-refractivity contribution < 1.29 is 38.4 Å². The molecule has 68 heavy (non-hydrogen) atoms. The summed E-state index contributed by atoms with van der Waals surface area (Å²) in [4.78, 5) is 112. The minimum atomic E-state index is -1.23. The van der Waals surface area contributed by atoms with Crippen LogP contribution in [0.15, 0.2) is 84.9 Å². The zero-order valence-corrected chi connectivity index (χ0v) is 40.3. The number of likely N-dealkylation sites (tertiary alicyclic amines) is 2. The van der Waals surface area contributed by atoms with E-state index < -0.39 is 83.8 Å². The first-order valence-electron chi connectivity index (χ1n) is 23.4. The molecule has 0 aromatic heterocycles. The molecule has 2 fully saturated rings. The van der Waals surface area contributed by atoms with Crippen molar-refractivity contribution in [3.05, 3.63) is 107 Å². The maximum atomic E-state index is 14.3. The van der Waals surface area contributed by atoms with Gasteiger partial charge in [-0.25, -0.2) is 0 Å². The summed E-state index contributed by atoms with van der Waals surface area (Å²) < 4.78 is 0. The van der Waals surface area contributed by atoms with Gasteiger partial charge in [0.2, 0.25) is 35.4 Å². The van der Waals surface area contributed by atoms with Crippen molar-refractivity contribution in [3.8, 4) is 0 Å². The number of rotatable bonds is 20. The first-order valence-corrected chi connectivity index (χ1v) is 23.4. The van der Waals surface area contributed by atoms with E-state index in [0.717, 1.165) is 11.1 Å². The van der Waals surface area contributed by atoms with Gasteiger partial charge >= 0.3 is 0 Å². The molecule has 0 spiro atoms. The first kappa shape index (κ1) is 52.3. The van der Waals surface area contributed by atoms with Crippen LogP contribution in [0.5, 0.6) is 0 Å². The van der Waals surface area contributed by atoms with Gasteiger partial charge in [-0.2, -0.15) is 0 Å². The second-order valence-electron chi connectivity index (χ2n) is 17.8. The Kier molecular flexibility index (Phi) is 18.8. The standard InChI is InChI=1S/C50H68N10O8/c1-29(35-17-11-9-12-18-35)53-47(65)39-21-15-27-59(39)49(67)41(57-43(61)33(5)51-7)31(3)55-45(63)37-23-25-38(26-24-37)46(64)56-32(4)42(58-44(62)34(6)52-8)50(68)60-28-16-22-40(60)48(66)54-30(2)36-19-13-10-14-20-36/h9-14,17-20,23-26,29-34,39-42,51-52H,15-16,21-22,27-28H2,1-8H3,(H,53,65)(H,54,66)(H,55,63)(H,56,64)(H,57,61)(H,58,62). The second kappa shape index (κ2) is 24.4. The molecule has 2 heterocycles. The number of benzene rings is 3. The van der Waals surface area contributed by atoms with Gasteiger partial charge in [-0.15, -0.1) is 0 Å². The molecule has 18 nitrogen and oxygen atoms in total. The smallest absolute Gasteiger partial charge is 0.251 e. The van der Waals surface area contributed by atoms with Gasteiger partial charge < -0.3 is 52.3 Å². The third-order valence-electron chi connectivity index (χ3n) is 12.9. The van der Waals surface area contributed by atoms with Crippen LogP contribution in [0.4, 0.5) is 0 Å². The summed E-state index contributed by atoms with van der Waals surface area (Å²) in [5.41, 5.74) is 2.12. The molecule has 0 aliphatic carbocycles. The summed E-state index contributed by atoms with van der Waals surface area (Å²) in [6.07, 6.45) is 2.01. The predicted octanol–water partition coefficient (Wildman–Crippen LogP) is 1.85. The van der Waals surface area contributed by atoms with Crippen molar-refractivity contribution in [1.82, 2.24) is 52.3 Å². The largest absolute Gasteiger partial charge is 0.348 e. The highest BCUT2D eigenvalue weighted by Crippen LogP contribution is 2.23. The zero-order chi connectivity index (χ0) is 49.7. The number of carbonyl (C=O) groups excluding carboxylic acids is 8. The molecule has 5 rings (SSSR count). The van der Waals surface area contributed by atoms with Crippen molar-refractivity contribution in [2.75, 3.05) is 27.2 Å². The lowest BCUT2D eigenvalue weighted by atomic mass is 10.0. The topological polar surface area (TPSA) is 239 Å². The van der Waals surface area contributed by atoms with Crippen molar-refractivity contribution >= 4 is 47.3 Å². The fourth-order valence-corrected chi connectivity index (χ4v) is 8.37. The molecule has 0 radical (unpaired) electrons. The maximum Gasteiger partial charge on any atom is 0.251 e. The highest BCUT2D eigenvalue weighted by Gasteiger charge is 2.42. The minimum Gasteiger partial charge on any atom is -0.348 e. The van der Waals surface area contributed by atoms with E-state index >= 15 is 0 Å². The van der Waals surface area contributed by atoms with Crippen LogP contribution >= 0.6 is 0 Å². The maximum absolute atomic E-state index is 14.3. The monoisotopic (exact) mass is 937 g/mol. The molecule has 0 bridgehead atoms. The molecule has 2 aliphatic rings. The molecule has 2 saturated heterocycles. The number of nitrogens with one attached hydrogen (secondary N) is 8.